The quantitative estimate of drug-likeness (QED) is 0.675. The molecule has 2 aromatic rings. The highest BCUT2D eigenvalue weighted by Crippen LogP contribution is 2.21. The van der Waals surface area contributed by atoms with Gasteiger partial charge >= 0.3 is 0 Å². The van der Waals surface area contributed by atoms with E-state index in [1.165, 1.54) is 0 Å². The normalized spacial score (nSPS) is 20.4. The van der Waals surface area contributed by atoms with Gasteiger partial charge < -0.3 is 14.5 Å². The van der Waals surface area contributed by atoms with Crippen LogP contribution in [0.4, 0.5) is 0 Å². The molecule has 2 aliphatic rings. The van der Waals surface area contributed by atoms with Gasteiger partial charge in [-0.25, -0.2) is 4.98 Å². The lowest BCUT2D eigenvalue weighted by molar-refractivity contribution is -0.139. The maximum atomic E-state index is 13.3. The van der Waals surface area contributed by atoms with Crippen molar-refractivity contribution in [1.29, 1.82) is 0 Å². The fraction of sp³-hybridized carbons (Fsp3) is 0.565. The summed E-state index contributed by atoms with van der Waals surface area (Å²) in [7, 11) is 1.96. The van der Waals surface area contributed by atoms with E-state index in [1.807, 2.05) is 43.3 Å². The van der Waals surface area contributed by atoms with Gasteiger partial charge in [-0.2, -0.15) is 5.10 Å². The minimum atomic E-state index is -0.317. The predicted molar refractivity (Wildman–Crippen MR) is 119 cm³/mol. The van der Waals surface area contributed by atoms with Gasteiger partial charge in [0.2, 0.25) is 11.8 Å². The first-order chi connectivity index (χ1) is 15.5. The standard InChI is InChI=1S/C23H32N6O3/c1-3-29-13-9-19(25-29)22(30)28-15-14-26(2)20(16-28)23(31)27-11-7-18(8-12-27)17-32-21-6-4-5-10-24-21/h4-6,9-10,13,18,20H,3,7-8,11-12,14-17H2,1-2H3/t20-/m0/s1. The summed E-state index contributed by atoms with van der Waals surface area (Å²) < 4.78 is 7.54. The van der Waals surface area contributed by atoms with Crippen LogP contribution in [0.1, 0.15) is 30.3 Å². The van der Waals surface area contributed by atoms with Gasteiger partial charge in [0.1, 0.15) is 11.7 Å². The van der Waals surface area contributed by atoms with E-state index in [-0.39, 0.29) is 17.9 Å². The number of hydrogen-bond donors (Lipinski definition) is 0. The molecule has 0 N–H and O–H groups in total. The lowest BCUT2D eigenvalue weighted by Crippen LogP contribution is -2.60. The molecule has 9 heteroatoms. The van der Waals surface area contributed by atoms with Crippen molar-refractivity contribution < 1.29 is 14.3 Å². The smallest absolute Gasteiger partial charge is 0.274 e. The number of likely N-dealkylation sites (tertiary alicyclic amines) is 1. The van der Waals surface area contributed by atoms with Crippen molar-refractivity contribution >= 4 is 11.8 Å². The summed E-state index contributed by atoms with van der Waals surface area (Å²) in [5.74, 6) is 1.06. The number of amides is 2. The highest BCUT2D eigenvalue weighted by molar-refractivity contribution is 5.93. The average molecular weight is 441 g/mol. The lowest BCUT2D eigenvalue weighted by atomic mass is 9.97. The molecule has 4 rings (SSSR count). The van der Waals surface area contributed by atoms with E-state index in [0.717, 1.165) is 19.4 Å². The van der Waals surface area contributed by atoms with Crippen molar-refractivity contribution in [1.82, 2.24) is 29.5 Å². The Morgan fingerprint density at radius 3 is 2.59 bits per heavy atom. The minimum absolute atomic E-state index is 0.103. The van der Waals surface area contributed by atoms with Crippen molar-refractivity contribution in [2.45, 2.75) is 32.4 Å². The van der Waals surface area contributed by atoms with E-state index < -0.39 is 0 Å². The molecule has 9 nitrogen and oxygen atoms in total. The molecule has 2 fully saturated rings. The summed E-state index contributed by atoms with van der Waals surface area (Å²) in [6.45, 7) is 6.43. The van der Waals surface area contributed by atoms with Crippen LogP contribution in [-0.4, -0.2) is 93.7 Å². The Labute approximate surface area is 188 Å². The number of carbonyl (C=O) groups is 2. The Hall–Kier alpha value is -2.94. The Kier molecular flexibility index (Phi) is 7.04. The van der Waals surface area contributed by atoms with Crippen molar-refractivity contribution in [2.75, 3.05) is 46.4 Å². The van der Waals surface area contributed by atoms with Crippen LogP contribution in [0.5, 0.6) is 5.88 Å². The number of pyridine rings is 1. The molecular weight excluding hydrogens is 408 g/mol. The lowest BCUT2D eigenvalue weighted by Gasteiger charge is -2.41. The number of nitrogens with zero attached hydrogens (tertiary/aromatic N) is 6. The van der Waals surface area contributed by atoms with Crippen LogP contribution >= 0.6 is 0 Å². The number of piperidine rings is 1. The number of carbonyl (C=O) groups excluding carboxylic acids is 2. The first-order valence-electron chi connectivity index (χ1n) is 11.4. The second-order valence-corrected chi connectivity index (χ2v) is 8.55. The molecule has 0 unspecified atom stereocenters. The molecule has 0 bridgehead atoms. The van der Waals surface area contributed by atoms with Gasteiger partial charge in [0.05, 0.1) is 6.61 Å². The van der Waals surface area contributed by atoms with Crippen molar-refractivity contribution in [3.8, 4) is 5.88 Å². The number of likely N-dealkylation sites (N-methyl/N-ethyl adjacent to an activating group) is 1. The third-order valence-corrected chi connectivity index (χ3v) is 6.43. The zero-order chi connectivity index (χ0) is 22.5. The second-order valence-electron chi connectivity index (χ2n) is 8.55. The Bertz CT molecular complexity index is 909. The number of rotatable bonds is 6. The Morgan fingerprint density at radius 1 is 1.09 bits per heavy atom. The third-order valence-electron chi connectivity index (χ3n) is 6.43. The van der Waals surface area contributed by atoms with Gasteiger partial charge in [-0.1, -0.05) is 6.07 Å². The van der Waals surface area contributed by atoms with E-state index in [4.69, 9.17) is 4.74 Å². The molecule has 0 aromatic carbocycles. The number of aromatic nitrogens is 3. The number of hydrogen-bond acceptors (Lipinski definition) is 6. The zero-order valence-electron chi connectivity index (χ0n) is 18.9. The zero-order valence-corrected chi connectivity index (χ0v) is 18.9. The predicted octanol–water partition coefficient (Wildman–Crippen LogP) is 1.37. The van der Waals surface area contributed by atoms with E-state index >= 15 is 0 Å². The summed E-state index contributed by atoms with van der Waals surface area (Å²) in [4.78, 5) is 36.2. The molecule has 1 atom stereocenters. The molecule has 0 radical (unpaired) electrons. The van der Waals surface area contributed by atoms with Gasteiger partial charge in [-0.15, -0.1) is 0 Å². The van der Waals surface area contributed by atoms with Crippen LogP contribution in [0.3, 0.4) is 0 Å². The number of piperazine rings is 1. The summed E-state index contributed by atoms with van der Waals surface area (Å²) >= 11 is 0. The van der Waals surface area contributed by atoms with Crippen LogP contribution in [0.25, 0.3) is 0 Å². The molecule has 0 spiro atoms. The minimum Gasteiger partial charge on any atom is -0.477 e. The third kappa shape index (κ3) is 5.09. The Morgan fingerprint density at radius 2 is 1.91 bits per heavy atom. The molecule has 32 heavy (non-hydrogen) atoms. The van der Waals surface area contributed by atoms with Gasteiger partial charge in [-0.05, 0) is 44.9 Å². The molecule has 172 valence electrons. The second kappa shape index (κ2) is 10.1. The summed E-state index contributed by atoms with van der Waals surface area (Å²) in [6, 6.07) is 7.07. The molecule has 2 amide bonds. The topological polar surface area (TPSA) is 83.8 Å². The van der Waals surface area contributed by atoms with E-state index in [9.17, 15) is 9.59 Å². The summed E-state index contributed by atoms with van der Waals surface area (Å²) in [5.41, 5.74) is 0.441. The first-order valence-corrected chi connectivity index (χ1v) is 11.4. The monoisotopic (exact) mass is 440 g/mol. The van der Waals surface area contributed by atoms with Crippen LogP contribution in [0.15, 0.2) is 36.7 Å². The fourth-order valence-corrected chi connectivity index (χ4v) is 4.31. The van der Waals surface area contributed by atoms with Crippen molar-refractivity contribution in [3.63, 3.8) is 0 Å². The van der Waals surface area contributed by atoms with Gasteiger partial charge in [-0.3, -0.25) is 19.2 Å². The van der Waals surface area contributed by atoms with Crippen molar-refractivity contribution in [2.24, 2.45) is 5.92 Å². The number of aryl methyl sites for hydroxylation is 1. The molecule has 2 saturated heterocycles. The Balaban J connectivity index is 1.29. The highest BCUT2D eigenvalue weighted by atomic mass is 16.5. The fourth-order valence-electron chi connectivity index (χ4n) is 4.31. The van der Waals surface area contributed by atoms with E-state index in [0.29, 0.717) is 56.8 Å². The molecule has 2 aromatic heterocycles. The van der Waals surface area contributed by atoms with Gasteiger partial charge in [0.15, 0.2) is 0 Å². The van der Waals surface area contributed by atoms with Crippen LogP contribution in [-0.2, 0) is 11.3 Å². The van der Waals surface area contributed by atoms with Crippen LogP contribution in [0, 0.1) is 5.92 Å². The summed E-state index contributed by atoms with van der Waals surface area (Å²) in [5, 5.41) is 4.33. The van der Waals surface area contributed by atoms with Gasteiger partial charge in [0.25, 0.3) is 5.91 Å². The largest absolute Gasteiger partial charge is 0.477 e. The van der Waals surface area contributed by atoms with E-state index in [1.54, 1.807) is 21.8 Å². The van der Waals surface area contributed by atoms with Crippen molar-refractivity contribution in [3.05, 3.63) is 42.4 Å². The highest BCUT2D eigenvalue weighted by Gasteiger charge is 2.36. The molecular formula is C23H32N6O3. The SMILES string of the molecule is CCn1ccc(C(=O)N2CCN(C)[C@H](C(=O)N3CCC(COc4ccccn4)CC3)C2)n1. The maximum Gasteiger partial charge on any atom is 0.274 e. The maximum absolute atomic E-state index is 13.3. The van der Waals surface area contributed by atoms with Crippen LogP contribution in [0.2, 0.25) is 0 Å². The molecule has 0 saturated carbocycles. The molecule has 0 aliphatic carbocycles. The molecule has 4 heterocycles. The summed E-state index contributed by atoms with van der Waals surface area (Å²) in [6.07, 6.45) is 5.35. The molecule has 2 aliphatic heterocycles. The van der Waals surface area contributed by atoms with Gasteiger partial charge in [0, 0.05) is 57.7 Å². The van der Waals surface area contributed by atoms with E-state index in [2.05, 4.69) is 15.0 Å². The first kappa shape index (κ1) is 22.3. The van der Waals surface area contributed by atoms with Crippen LogP contribution < -0.4 is 4.74 Å². The average Bonchev–Trinajstić information content (AvgIpc) is 3.33. The number of ether oxygens (including phenoxy) is 1.